The number of H-pyrrole nitrogens is 1. The summed E-state index contributed by atoms with van der Waals surface area (Å²) in [6, 6.07) is 0. The molecule has 78 valence electrons. The summed E-state index contributed by atoms with van der Waals surface area (Å²) in [6.45, 7) is 0. The van der Waals surface area contributed by atoms with Crippen molar-refractivity contribution in [3.63, 3.8) is 0 Å². The van der Waals surface area contributed by atoms with E-state index >= 15 is 0 Å². The number of carbonyl (C=O) groups is 1. The first-order chi connectivity index (χ1) is 7.22. The maximum Gasteiger partial charge on any atom is 0.357 e. The van der Waals surface area contributed by atoms with Crippen LogP contribution in [0.25, 0.3) is 10.6 Å². The molecule has 0 fully saturated rings. The predicted octanol–water partition coefficient (Wildman–Crippen LogP) is 0.902. The summed E-state index contributed by atoms with van der Waals surface area (Å²) in [5.41, 5.74) is 6.59. The molecule has 2 heterocycles. The normalized spacial score (nSPS) is 10.2. The van der Waals surface area contributed by atoms with E-state index in [1.54, 1.807) is 11.6 Å². The zero-order valence-corrected chi connectivity index (χ0v) is 8.67. The molecule has 0 aliphatic carbocycles. The average molecular weight is 224 g/mol. The van der Waals surface area contributed by atoms with Crippen molar-refractivity contribution in [3.05, 3.63) is 17.3 Å². The van der Waals surface area contributed by atoms with E-state index in [-0.39, 0.29) is 5.69 Å². The van der Waals surface area contributed by atoms with Crippen molar-refractivity contribution < 1.29 is 9.53 Å². The number of methoxy groups -OCH3 is 1. The minimum Gasteiger partial charge on any atom is -0.464 e. The van der Waals surface area contributed by atoms with Gasteiger partial charge in [0.15, 0.2) is 5.69 Å². The number of esters is 1. The second-order valence-corrected chi connectivity index (χ2v) is 3.58. The Balaban J connectivity index is 2.36. The summed E-state index contributed by atoms with van der Waals surface area (Å²) in [4.78, 5) is 15.2. The fourth-order valence-electron chi connectivity index (χ4n) is 1.06. The number of nitrogens with zero attached hydrogens (tertiary/aromatic N) is 2. The Bertz CT molecular complexity index is 490. The number of hydrogen-bond acceptors (Lipinski definition) is 6. The van der Waals surface area contributed by atoms with E-state index < -0.39 is 5.97 Å². The highest BCUT2D eigenvalue weighted by atomic mass is 32.1. The zero-order valence-electron chi connectivity index (χ0n) is 7.85. The van der Waals surface area contributed by atoms with E-state index in [1.165, 1.54) is 18.4 Å². The van der Waals surface area contributed by atoms with Gasteiger partial charge < -0.3 is 10.5 Å². The van der Waals surface area contributed by atoms with Crippen LogP contribution in [0.5, 0.6) is 0 Å². The molecule has 2 rings (SSSR count). The molecule has 0 saturated carbocycles. The lowest BCUT2D eigenvalue weighted by atomic mass is 10.3. The molecule has 0 radical (unpaired) electrons. The highest BCUT2D eigenvalue weighted by Gasteiger charge is 2.14. The molecule has 2 aromatic rings. The van der Waals surface area contributed by atoms with Gasteiger partial charge in [-0.2, -0.15) is 5.10 Å². The van der Waals surface area contributed by atoms with Gasteiger partial charge in [-0.05, 0) is 0 Å². The Morgan fingerprint density at radius 3 is 3.07 bits per heavy atom. The first-order valence-electron chi connectivity index (χ1n) is 4.05. The number of thiazole rings is 1. The van der Waals surface area contributed by atoms with Gasteiger partial charge in [0.05, 0.1) is 18.9 Å². The second kappa shape index (κ2) is 3.70. The number of aromatic nitrogens is 3. The molecule has 0 bridgehead atoms. The number of ether oxygens (including phenoxy) is 1. The van der Waals surface area contributed by atoms with Gasteiger partial charge >= 0.3 is 5.97 Å². The number of anilines is 1. The Hall–Kier alpha value is -1.89. The van der Waals surface area contributed by atoms with E-state index in [0.717, 1.165) is 0 Å². The first-order valence-corrected chi connectivity index (χ1v) is 4.93. The third kappa shape index (κ3) is 1.68. The van der Waals surface area contributed by atoms with E-state index in [1.807, 2.05) is 0 Å². The number of carbonyl (C=O) groups excluding carboxylic acids is 1. The van der Waals surface area contributed by atoms with Gasteiger partial charge in [0, 0.05) is 5.38 Å². The van der Waals surface area contributed by atoms with Crippen LogP contribution in [-0.2, 0) is 4.74 Å². The van der Waals surface area contributed by atoms with Crippen LogP contribution in [0.4, 0.5) is 5.82 Å². The van der Waals surface area contributed by atoms with Gasteiger partial charge in [0.2, 0.25) is 0 Å². The first kappa shape index (κ1) is 9.66. The monoisotopic (exact) mass is 224 g/mol. The van der Waals surface area contributed by atoms with Gasteiger partial charge in [-0.25, -0.2) is 9.78 Å². The molecule has 3 N–H and O–H groups in total. The number of hydrogen-bond donors (Lipinski definition) is 2. The summed E-state index contributed by atoms with van der Waals surface area (Å²) in [6.07, 6.45) is 1.56. The molecule has 0 aliphatic rings. The maximum absolute atomic E-state index is 11.1. The molecule has 6 nitrogen and oxygen atoms in total. The van der Waals surface area contributed by atoms with E-state index in [9.17, 15) is 4.79 Å². The van der Waals surface area contributed by atoms with Gasteiger partial charge in [-0.1, -0.05) is 0 Å². The molecule has 0 unspecified atom stereocenters. The fraction of sp³-hybridized carbons (Fsp3) is 0.125. The highest BCUT2D eigenvalue weighted by molar-refractivity contribution is 7.13. The lowest BCUT2D eigenvalue weighted by molar-refractivity contribution is 0.0595. The zero-order chi connectivity index (χ0) is 10.8. The average Bonchev–Trinajstić information content (AvgIpc) is 2.84. The molecule has 0 amide bonds. The molecule has 0 saturated heterocycles. The van der Waals surface area contributed by atoms with Crippen molar-refractivity contribution in [2.75, 3.05) is 12.8 Å². The van der Waals surface area contributed by atoms with Gasteiger partial charge in [-0.15, -0.1) is 11.3 Å². The number of nitrogens with two attached hydrogens (primary N) is 1. The van der Waals surface area contributed by atoms with Crippen molar-refractivity contribution in [2.45, 2.75) is 0 Å². The fourth-order valence-corrected chi connectivity index (χ4v) is 1.88. The van der Waals surface area contributed by atoms with Crippen LogP contribution in [0, 0.1) is 0 Å². The molecule has 0 atom stereocenters. The lowest BCUT2D eigenvalue weighted by Crippen LogP contribution is -2.01. The molecule has 0 spiro atoms. The number of nitrogens with one attached hydrogen (secondary N) is 1. The van der Waals surface area contributed by atoms with E-state index in [0.29, 0.717) is 16.4 Å². The number of aromatic amines is 1. The number of nitrogen functional groups attached to an aromatic ring is 1. The van der Waals surface area contributed by atoms with E-state index in [2.05, 4.69) is 19.9 Å². The predicted molar refractivity (Wildman–Crippen MR) is 55.4 cm³/mol. The maximum atomic E-state index is 11.1. The van der Waals surface area contributed by atoms with Crippen molar-refractivity contribution in [1.82, 2.24) is 15.2 Å². The molecule has 2 aromatic heterocycles. The van der Waals surface area contributed by atoms with Crippen LogP contribution in [0.2, 0.25) is 0 Å². The van der Waals surface area contributed by atoms with Crippen molar-refractivity contribution >= 4 is 23.1 Å². The summed E-state index contributed by atoms with van der Waals surface area (Å²) in [5.74, 6) is -0.0275. The summed E-state index contributed by atoms with van der Waals surface area (Å²) >= 11 is 1.31. The smallest absolute Gasteiger partial charge is 0.357 e. The largest absolute Gasteiger partial charge is 0.464 e. The van der Waals surface area contributed by atoms with Crippen LogP contribution in [0.1, 0.15) is 10.5 Å². The van der Waals surface area contributed by atoms with Crippen LogP contribution < -0.4 is 5.73 Å². The summed E-state index contributed by atoms with van der Waals surface area (Å²) < 4.78 is 4.55. The Morgan fingerprint density at radius 1 is 1.67 bits per heavy atom. The van der Waals surface area contributed by atoms with Gasteiger partial charge in [0.1, 0.15) is 10.8 Å². The van der Waals surface area contributed by atoms with Crippen LogP contribution in [0.15, 0.2) is 11.6 Å². The molecule has 7 heteroatoms. The van der Waals surface area contributed by atoms with Crippen LogP contribution in [-0.4, -0.2) is 28.3 Å². The topological polar surface area (TPSA) is 93.9 Å². The third-order valence-corrected chi connectivity index (χ3v) is 2.67. The quantitative estimate of drug-likeness (QED) is 0.739. The SMILES string of the molecule is COC(=O)c1csc(-c2cn[nH]c2N)n1. The molecule has 0 aromatic carbocycles. The highest BCUT2D eigenvalue weighted by Crippen LogP contribution is 2.27. The third-order valence-electron chi connectivity index (χ3n) is 1.80. The van der Waals surface area contributed by atoms with Gasteiger partial charge in [-0.3, -0.25) is 5.10 Å². The summed E-state index contributed by atoms with van der Waals surface area (Å²) in [5, 5.41) is 8.63. The van der Waals surface area contributed by atoms with Crippen molar-refractivity contribution in [2.24, 2.45) is 0 Å². The Morgan fingerprint density at radius 2 is 2.47 bits per heavy atom. The minimum absolute atomic E-state index is 0.276. The molecular weight excluding hydrogens is 216 g/mol. The minimum atomic E-state index is -0.459. The molecule has 0 aliphatic heterocycles. The summed E-state index contributed by atoms with van der Waals surface area (Å²) in [7, 11) is 1.31. The van der Waals surface area contributed by atoms with Crippen LogP contribution in [0.3, 0.4) is 0 Å². The van der Waals surface area contributed by atoms with Crippen molar-refractivity contribution in [1.29, 1.82) is 0 Å². The lowest BCUT2D eigenvalue weighted by Gasteiger charge is -1.92. The van der Waals surface area contributed by atoms with E-state index in [4.69, 9.17) is 5.73 Å². The second-order valence-electron chi connectivity index (χ2n) is 2.73. The Kier molecular flexibility index (Phi) is 2.38. The Labute approximate surface area is 89.1 Å². The standard InChI is InChI=1S/C8H8N4O2S/c1-14-8(13)5-3-15-7(11-5)4-2-10-12-6(4)9/h2-3H,1H3,(H3,9,10,12). The molecule has 15 heavy (non-hydrogen) atoms. The molecular formula is C8H8N4O2S. The van der Waals surface area contributed by atoms with Crippen LogP contribution >= 0.6 is 11.3 Å². The number of rotatable bonds is 2. The van der Waals surface area contributed by atoms with Gasteiger partial charge in [0.25, 0.3) is 0 Å². The van der Waals surface area contributed by atoms with Crippen molar-refractivity contribution in [3.8, 4) is 10.6 Å².